The van der Waals surface area contributed by atoms with Crippen molar-refractivity contribution in [3.05, 3.63) is 46.0 Å². The largest absolute Gasteiger partial charge is 2.00 e. The van der Waals surface area contributed by atoms with Gasteiger partial charge in [0, 0.05) is 0 Å². The Morgan fingerprint density at radius 2 is 0.600 bits per heavy atom. The second kappa shape index (κ2) is 29.3. The van der Waals surface area contributed by atoms with Crippen LogP contribution in [0.3, 0.4) is 0 Å². The summed E-state index contributed by atoms with van der Waals surface area (Å²) in [4.78, 5) is 24.8. The smallest absolute Gasteiger partial charge is 0.412 e. The van der Waals surface area contributed by atoms with Gasteiger partial charge in [-0.3, -0.25) is 0 Å². The first kappa shape index (κ1) is 37.0. The number of rotatable bonds is 0. The molecule has 0 aromatic carbocycles. The molecule has 0 spiro atoms. The van der Waals surface area contributed by atoms with Gasteiger partial charge in [0.2, 0.25) is 0 Å². The molecule has 0 aliphatic carbocycles. The molecule has 0 rings (SSSR count). The van der Waals surface area contributed by atoms with Crippen molar-refractivity contribution in [3.63, 3.8) is 0 Å². The minimum absolute atomic E-state index is 0. The summed E-state index contributed by atoms with van der Waals surface area (Å²) in [6.45, 7) is 0. The maximum absolute atomic E-state index is 8.25. The number of hydrogen-bond donors (Lipinski definition) is 0. The Kier molecular flexibility index (Phi) is 72.3. The monoisotopic (exact) mass is 235 g/mol. The molecule has 0 saturated heterocycles. The van der Waals surface area contributed by atoms with E-state index in [1.54, 1.807) is 0 Å². The minimum Gasteiger partial charge on any atom is -0.412 e. The quantitative estimate of drug-likeness (QED) is 0.222. The van der Waals surface area contributed by atoms with Gasteiger partial charge in [-0.05, 0) is 0 Å². The van der Waals surface area contributed by atoms with Crippen LogP contribution in [-0.2, 0) is 0 Å². The van der Waals surface area contributed by atoms with E-state index in [0.29, 0.717) is 0 Å². The maximum Gasteiger partial charge on any atom is 2.00 e. The average molecular weight is 235 g/mol. The van der Waals surface area contributed by atoms with Crippen LogP contribution in [0.2, 0.25) is 0 Å². The summed E-state index contributed by atoms with van der Waals surface area (Å²) in [6.07, 6.45) is 0. The molecule has 0 heterocycles. The molecular weight excluding hydrogens is 233 g/mol. The normalized spacial score (nSPS) is 4.80. The number of nitrogens with zero attached hydrogens (tertiary/aromatic N) is 3. The molecule has 15 heteroatoms. The average Bonchev–Trinajstić information content (AvgIpc) is 1.54. The fourth-order valence-electron chi connectivity index (χ4n) is 0. The molecule has 0 radical (unpaired) electrons. The van der Waals surface area contributed by atoms with E-state index < -0.39 is 15.3 Å². The van der Waals surface area contributed by atoms with Gasteiger partial charge in [0.25, 0.3) is 0 Å². The molecule has 0 bridgehead atoms. The molecule has 0 aliphatic rings. The van der Waals surface area contributed by atoms with E-state index in [2.05, 4.69) is 0 Å². The standard InChI is InChI=1S/Li.Mg.3NO3.H2O/c;;3*2-1(3)4;/h;;;;;1H2/q+1;+2;3*-1;. The summed E-state index contributed by atoms with van der Waals surface area (Å²) < 4.78 is 0. The molecule has 0 fully saturated rings. The fourth-order valence-corrected chi connectivity index (χ4v) is 0. The summed E-state index contributed by atoms with van der Waals surface area (Å²) in [7, 11) is 0. The van der Waals surface area contributed by atoms with Crippen molar-refractivity contribution in [3.8, 4) is 0 Å². The van der Waals surface area contributed by atoms with Crippen LogP contribution >= 0.6 is 0 Å². The van der Waals surface area contributed by atoms with Gasteiger partial charge in [-0.1, -0.05) is 0 Å². The van der Waals surface area contributed by atoms with Gasteiger partial charge in [0.15, 0.2) is 0 Å². The van der Waals surface area contributed by atoms with Crippen LogP contribution in [0.1, 0.15) is 0 Å². The van der Waals surface area contributed by atoms with Crippen LogP contribution in [0.25, 0.3) is 0 Å². The second-order valence-electron chi connectivity index (χ2n) is 0.671. The van der Waals surface area contributed by atoms with E-state index in [0.717, 1.165) is 0 Å². The second-order valence-corrected chi connectivity index (χ2v) is 0.671. The fraction of sp³-hybridized carbons (Fsp3) is 0. The van der Waals surface area contributed by atoms with Crippen LogP contribution < -0.4 is 18.9 Å². The Morgan fingerprint density at radius 1 is 0.600 bits per heavy atom. The molecule has 0 saturated carbocycles. The van der Waals surface area contributed by atoms with Gasteiger partial charge in [-0.2, -0.15) is 0 Å². The molecular formula is H2LiMgN3O10. The Morgan fingerprint density at radius 3 is 0.600 bits per heavy atom. The summed E-state index contributed by atoms with van der Waals surface area (Å²) in [6, 6.07) is 0. The molecule has 13 nitrogen and oxygen atoms in total. The van der Waals surface area contributed by atoms with Crippen LogP contribution in [0, 0.1) is 46.0 Å². The van der Waals surface area contributed by atoms with E-state index in [9.17, 15) is 0 Å². The molecule has 0 aromatic heterocycles. The maximum atomic E-state index is 8.25. The third kappa shape index (κ3) is 1330. The third-order valence-corrected chi connectivity index (χ3v) is 0. The van der Waals surface area contributed by atoms with Crippen molar-refractivity contribution in [2.24, 2.45) is 0 Å². The van der Waals surface area contributed by atoms with Crippen LogP contribution in [0.5, 0.6) is 0 Å². The Labute approximate surface area is 109 Å². The molecule has 0 aromatic rings. The first-order valence-corrected chi connectivity index (χ1v) is 1.64. The Bertz CT molecular complexity index is 118. The molecule has 80 valence electrons. The van der Waals surface area contributed by atoms with E-state index in [1.165, 1.54) is 0 Å². The van der Waals surface area contributed by atoms with Crippen molar-refractivity contribution in [1.82, 2.24) is 0 Å². The van der Waals surface area contributed by atoms with E-state index in [1.807, 2.05) is 0 Å². The van der Waals surface area contributed by atoms with Gasteiger partial charge >= 0.3 is 41.9 Å². The summed E-state index contributed by atoms with van der Waals surface area (Å²) in [5, 5.41) is 44.2. The van der Waals surface area contributed by atoms with E-state index in [-0.39, 0.29) is 47.4 Å². The van der Waals surface area contributed by atoms with Crippen molar-refractivity contribution in [1.29, 1.82) is 0 Å². The van der Waals surface area contributed by atoms with Crippen molar-refractivity contribution < 1.29 is 39.6 Å². The van der Waals surface area contributed by atoms with Crippen molar-refractivity contribution >= 4 is 23.1 Å². The summed E-state index contributed by atoms with van der Waals surface area (Å²) in [5.74, 6) is 0. The van der Waals surface area contributed by atoms with Crippen LogP contribution in [0.15, 0.2) is 0 Å². The SMILES string of the molecule is O.O=[N+]([O-])[O-].O=[N+]([O-])[O-].O=[N+]([O-])[O-].[Li+].[Mg+2]. The zero-order valence-electron chi connectivity index (χ0n) is 7.22. The van der Waals surface area contributed by atoms with Crippen molar-refractivity contribution in [2.45, 2.75) is 0 Å². The van der Waals surface area contributed by atoms with Gasteiger partial charge in [0.1, 0.15) is 0 Å². The summed E-state index contributed by atoms with van der Waals surface area (Å²) in [5.41, 5.74) is 0. The predicted octanol–water partition coefficient (Wildman–Crippen LogP) is -4.92. The van der Waals surface area contributed by atoms with Gasteiger partial charge in [-0.15, -0.1) is 0 Å². The molecule has 0 unspecified atom stereocenters. The topological polar surface area (TPSA) is 230 Å². The van der Waals surface area contributed by atoms with Gasteiger partial charge in [0.05, 0.1) is 15.3 Å². The predicted molar refractivity (Wildman–Crippen MR) is 40.5 cm³/mol. The molecule has 0 aliphatic heterocycles. The summed E-state index contributed by atoms with van der Waals surface area (Å²) >= 11 is 0. The minimum atomic E-state index is -1.75. The number of hydrogen-bond acceptors (Lipinski definition) is 9. The van der Waals surface area contributed by atoms with Gasteiger partial charge in [-0.25, -0.2) is 0 Å². The van der Waals surface area contributed by atoms with E-state index in [4.69, 9.17) is 46.0 Å². The van der Waals surface area contributed by atoms with Gasteiger partial charge < -0.3 is 51.4 Å². The zero-order chi connectivity index (χ0) is 10.7. The first-order chi connectivity index (χ1) is 5.20. The molecule has 0 amide bonds. The molecule has 0 atom stereocenters. The van der Waals surface area contributed by atoms with Crippen molar-refractivity contribution in [2.75, 3.05) is 0 Å². The first-order valence-electron chi connectivity index (χ1n) is 1.64. The third-order valence-electron chi connectivity index (χ3n) is 0. The van der Waals surface area contributed by atoms with Crippen LogP contribution in [0.4, 0.5) is 0 Å². The van der Waals surface area contributed by atoms with Crippen LogP contribution in [-0.4, -0.2) is 43.8 Å². The molecule has 2 N–H and O–H groups in total. The Balaban J connectivity index is -0.0000000184. The zero-order valence-corrected chi connectivity index (χ0v) is 8.64. The Hall–Kier alpha value is -1.08. The van der Waals surface area contributed by atoms with E-state index >= 15 is 0 Å². The molecule has 15 heavy (non-hydrogen) atoms.